The topological polar surface area (TPSA) is 107 Å². The van der Waals surface area contributed by atoms with Crippen molar-refractivity contribution in [1.82, 2.24) is 9.78 Å². The van der Waals surface area contributed by atoms with Crippen molar-refractivity contribution in [2.45, 2.75) is 6.54 Å². The summed E-state index contributed by atoms with van der Waals surface area (Å²) in [5, 5.41) is 13.2. The molecule has 7 heteroatoms. The molecule has 0 radical (unpaired) electrons. The summed E-state index contributed by atoms with van der Waals surface area (Å²) in [5.41, 5.74) is 5.81. The Hall–Kier alpha value is -2.57. The highest BCUT2D eigenvalue weighted by Crippen LogP contribution is 2.13. The first-order valence-corrected chi connectivity index (χ1v) is 4.85. The van der Waals surface area contributed by atoms with Gasteiger partial charge >= 0.3 is 0 Å². The first-order chi connectivity index (χ1) is 8.06. The second kappa shape index (κ2) is 4.12. The average Bonchev–Trinajstić information content (AvgIpc) is 2.58. The van der Waals surface area contributed by atoms with E-state index in [1.165, 1.54) is 22.9 Å². The van der Waals surface area contributed by atoms with Crippen LogP contribution in [-0.2, 0) is 6.54 Å². The number of non-ortho nitro benzene ring substituents is 1. The van der Waals surface area contributed by atoms with Gasteiger partial charge in [-0.25, -0.2) is 4.68 Å². The van der Waals surface area contributed by atoms with Crippen molar-refractivity contribution in [1.29, 1.82) is 0 Å². The van der Waals surface area contributed by atoms with Crippen molar-refractivity contribution in [3.8, 4) is 0 Å². The Kier molecular flexibility index (Phi) is 2.65. The van der Waals surface area contributed by atoms with Gasteiger partial charge in [0.1, 0.15) is 5.82 Å². The normalized spacial score (nSPS) is 10.4. The Morgan fingerprint density at radius 1 is 1.41 bits per heavy atom. The van der Waals surface area contributed by atoms with Gasteiger partial charge in [0, 0.05) is 18.2 Å². The molecule has 7 nitrogen and oxygen atoms in total. The van der Waals surface area contributed by atoms with Gasteiger partial charge in [-0.2, -0.15) is 0 Å². The van der Waals surface area contributed by atoms with Crippen molar-refractivity contribution in [3.63, 3.8) is 0 Å². The summed E-state index contributed by atoms with van der Waals surface area (Å²) in [6.07, 6.45) is 0. The number of nitro benzene ring substituents is 1. The summed E-state index contributed by atoms with van der Waals surface area (Å²) in [6, 6.07) is 7.36. The second-order valence-corrected chi connectivity index (χ2v) is 3.56. The molecule has 0 fully saturated rings. The number of nitrogens with zero attached hydrogens (tertiary/aromatic N) is 2. The summed E-state index contributed by atoms with van der Waals surface area (Å²) in [7, 11) is 0. The fourth-order valence-corrected chi connectivity index (χ4v) is 1.52. The van der Waals surface area contributed by atoms with E-state index >= 15 is 0 Å². The Labute approximate surface area is 95.6 Å². The van der Waals surface area contributed by atoms with E-state index in [1.54, 1.807) is 12.1 Å². The van der Waals surface area contributed by atoms with Crippen LogP contribution in [0.15, 0.2) is 35.1 Å². The van der Waals surface area contributed by atoms with Crippen molar-refractivity contribution >= 4 is 11.5 Å². The van der Waals surface area contributed by atoms with Crippen LogP contribution in [0.1, 0.15) is 5.56 Å². The maximum Gasteiger partial charge on any atom is 0.269 e. The molecule has 0 atom stereocenters. The van der Waals surface area contributed by atoms with E-state index in [1.807, 2.05) is 0 Å². The molecule has 0 saturated carbocycles. The number of hydrogen-bond donors (Lipinski definition) is 2. The fourth-order valence-electron chi connectivity index (χ4n) is 1.52. The lowest BCUT2D eigenvalue weighted by atomic mass is 10.2. The number of aromatic nitrogens is 2. The van der Waals surface area contributed by atoms with E-state index in [4.69, 9.17) is 5.73 Å². The van der Waals surface area contributed by atoms with Crippen LogP contribution in [0.3, 0.4) is 0 Å². The lowest BCUT2D eigenvalue weighted by Gasteiger charge is -2.01. The molecule has 0 saturated heterocycles. The fraction of sp³-hybridized carbons (Fsp3) is 0.100. The molecule has 1 aromatic heterocycles. The minimum absolute atomic E-state index is 0.00456. The van der Waals surface area contributed by atoms with Gasteiger partial charge in [-0.15, -0.1) is 0 Å². The third kappa shape index (κ3) is 2.33. The zero-order valence-corrected chi connectivity index (χ0v) is 8.79. The van der Waals surface area contributed by atoms with Gasteiger partial charge in [0.05, 0.1) is 11.5 Å². The minimum Gasteiger partial charge on any atom is -0.384 e. The van der Waals surface area contributed by atoms with Crippen molar-refractivity contribution in [2.24, 2.45) is 0 Å². The molecule has 0 bridgehead atoms. The van der Waals surface area contributed by atoms with Crippen LogP contribution < -0.4 is 11.3 Å². The maximum absolute atomic E-state index is 11.4. The highest BCUT2D eigenvalue weighted by molar-refractivity contribution is 5.34. The molecule has 0 aliphatic carbocycles. The number of rotatable bonds is 3. The van der Waals surface area contributed by atoms with E-state index in [9.17, 15) is 14.9 Å². The van der Waals surface area contributed by atoms with Crippen LogP contribution in [0.4, 0.5) is 11.5 Å². The van der Waals surface area contributed by atoms with Gasteiger partial charge in [0.2, 0.25) is 0 Å². The third-order valence-corrected chi connectivity index (χ3v) is 2.27. The molecule has 2 rings (SSSR count). The van der Waals surface area contributed by atoms with Crippen LogP contribution in [0.2, 0.25) is 0 Å². The smallest absolute Gasteiger partial charge is 0.269 e. The molecule has 1 aromatic carbocycles. The molecule has 88 valence electrons. The van der Waals surface area contributed by atoms with E-state index in [2.05, 4.69) is 5.10 Å². The number of hydrogen-bond acceptors (Lipinski definition) is 4. The van der Waals surface area contributed by atoms with Gasteiger partial charge < -0.3 is 5.73 Å². The average molecular weight is 234 g/mol. The molecule has 0 amide bonds. The molecule has 1 heterocycles. The largest absolute Gasteiger partial charge is 0.384 e. The SMILES string of the molecule is Nc1cc(=O)n(Cc2cccc([N+](=O)[O-])c2)[nH]1. The quantitative estimate of drug-likeness (QED) is 0.602. The monoisotopic (exact) mass is 234 g/mol. The lowest BCUT2D eigenvalue weighted by Crippen LogP contribution is -2.16. The third-order valence-electron chi connectivity index (χ3n) is 2.27. The number of nitrogens with two attached hydrogens (primary N) is 1. The zero-order chi connectivity index (χ0) is 12.4. The summed E-state index contributed by atoms with van der Waals surface area (Å²) < 4.78 is 1.29. The molecule has 0 unspecified atom stereocenters. The highest BCUT2D eigenvalue weighted by Gasteiger charge is 2.07. The number of H-pyrrole nitrogens is 1. The van der Waals surface area contributed by atoms with Crippen LogP contribution in [-0.4, -0.2) is 14.7 Å². The number of nitro groups is 1. The number of anilines is 1. The minimum atomic E-state index is -0.477. The van der Waals surface area contributed by atoms with Crippen LogP contribution in [0.25, 0.3) is 0 Å². The molecule has 17 heavy (non-hydrogen) atoms. The van der Waals surface area contributed by atoms with Crippen LogP contribution >= 0.6 is 0 Å². The molecule has 2 aromatic rings. The first kappa shape index (κ1) is 10.9. The standard InChI is InChI=1S/C10H10N4O3/c11-9-5-10(15)13(12-9)6-7-2-1-3-8(4-7)14(16)17/h1-5,12H,6,11H2. The van der Waals surface area contributed by atoms with Gasteiger partial charge in [-0.05, 0) is 5.56 Å². The molecule has 0 aliphatic heterocycles. The molecule has 0 aliphatic rings. The summed E-state index contributed by atoms with van der Waals surface area (Å²) in [4.78, 5) is 21.5. The lowest BCUT2D eigenvalue weighted by molar-refractivity contribution is -0.384. The molecular formula is C10H10N4O3. The Balaban J connectivity index is 2.30. The summed E-state index contributed by atoms with van der Waals surface area (Å²) >= 11 is 0. The van der Waals surface area contributed by atoms with Gasteiger partial charge in [-0.1, -0.05) is 12.1 Å². The van der Waals surface area contributed by atoms with Crippen molar-refractivity contribution in [2.75, 3.05) is 5.73 Å². The Morgan fingerprint density at radius 2 is 2.18 bits per heavy atom. The summed E-state index contributed by atoms with van der Waals surface area (Å²) in [6.45, 7) is 0.220. The highest BCUT2D eigenvalue weighted by atomic mass is 16.6. The summed E-state index contributed by atoms with van der Waals surface area (Å²) in [5.74, 6) is 0.264. The van der Waals surface area contributed by atoms with E-state index in [-0.39, 0.29) is 23.6 Å². The maximum atomic E-state index is 11.4. The predicted molar refractivity (Wildman–Crippen MR) is 61.7 cm³/mol. The number of nitrogen functional groups attached to an aromatic ring is 1. The number of benzene rings is 1. The van der Waals surface area contributed by atoms with E-state index in [0.717, 1.165) is 0 Å². The van der Waals surface area contributed by atoms with Gasteiger partial charge in [0.25, 0.3) is 11.2 Å². The van der Waals surface area contributed by atoms with Gasteiger partial charge in [-0.3, -0.25) is 20.0 Å². The van der Waals surface area contributed by atoms with Crippen LogP contribution in [0, 0.1) is 10.1 Å². The number of aromatic amines is 1. The Bertz CT molecular complexity index is 614. The van der Waals surface area contributed by atoms with E-state index in [0.29, 0.717) is 5.56 Å². The van der Waals surface area contributed by atoms with Crippen molar-refractivity contribution in [3.05, 3.63) is 56.4 Å². The number of nitrogens with one attached hydrogen (secondary N) is 1. The van der Waals surface area contributed by atoms with Crippen LogP contribution in [0.5, 0.6) is 0 Å². The van der Waals surface area contributed by atoms with Gasteiger partial charge in [0.15, 0.2) is 0 Å². The van der Waals surface area contributed by atoms with E-state index < -0.39 is 4.92 Å². The van der Waals surface area contributed by atoms with Crippen molar-refractivity contribution < 1.29 is 4.92 Å². The predicted octanol–water partition coefficient (Wildman–Crippen LogP) is 0.715. The Morgan fingerprint density at radius 3 is 2.76 bits per heavy atom. The molecule has 3 N–H and O–H groups in total. The first-order valence-electron chi connectivity index (χ1n) is 4.85. The second-order valence-electron chi connectivity index (χ2n) is 3.56. The molecule has 0 spiro atoms. The zero-order valence-electron chi connectivity index (χ0n) is 8.79. The molecular weight excluding hydrogens is 224 g/mol.